The van der Waals surface area contributed by atoms with Crippen LogP contribution in [0.25, 0.3) is 0 Å². The second-order valence-electron chi connectivity index (χ2n) is 4.64. The van der Waals surface area contributed by atoms with Crippen molar-refractivity contribution in [1.29, 1.82) is 0 Å². The summed E-state index contributed by atoms with van der Waals surface area (Å²) in [6, 6.07) is 0. The average molecular weight is 284 g/mol. The van der Waals surface area contributed by atoms with E-state index >= 15 is 0 Å². The molecular formula is C10H14N5O5+. The lowest BCUT2D eigenvalue weighted by atomic mass is 10.1. The topological polar surface area (TPSA) is 146 Å². The van der Waals surface area contributed by atoms with Crippen molar-refractivity contribution >= 4 is 12.2 Å². The van der Waals surface area contributed by atoms with Gasteiger partial charge in [0.05, 0.1) is 6.61 Å². The van der Waals surface area contributed by atoms with E-state index in [9.17, 15) is 15.1 Å². The number of nitrogens with zero attached hydrogens (tertiary/aromatic N) is 4. The Balaban J connectivity index is 1.97. The summed E-state index contributed by atoms with van der Waals surface area (Å²) in [5, 5.41) is 28.8. The van der Waals surface area contributed by atoms with Crippen molar-refractivity contribution < 1.29 is 24.8 Å². The van der Waals surface area contributed by atoms with E-state index in [0.29, 0.717) is 4.76 Å². The molecule has 0 radical (unpaired) electrons. The first-order chi connectivity index (χ1) is 9.54. The van der Waals surface area contributed by atoms with Gasteiger partial charge in [-0.15, -0.1) is 0 Å². The van der Waals surface area contributed by atoms with Gasteiger partial charge in [-0.1, -0.05) is 4.91 Å². The van der Waals surface area contributed by atoms with Gasteiger partial charge in [0.1, 0.15) is 24.6 Å². The van der Waals surface area contributed by atoms with E-state index in [2.05, 4.69) is 9.98 Å². The number of aliphatic hydroxyl groups is 3. The second-order valence-corrected chi connectivity index (χ2v) is 4.64. The van der Waals surface area contributed by atoms with Gasteiger partial charge >= 0.3 is 6.34 Å². The van der Waals surface area contributed by atoms with Gasteiger partial charge in [-0.05, 0) is 9.75 Å². The van der Waals surface area contributed by atoms with Crippen LogP contribution in [0.4, 0.5) is 5.82 Å². The molecule has 5 unspecified atom stereocenters. The number of aliphatic hydroxyl groups excluding tert-OH is 3. The third kappa shape index (κ3) is 1.77. The van der Waals surface area contributed by atoms with Crippen molar-refractivity contribution in [2.24, 2.45) is 10.7 Å². The molecule has 1 aromatic heterocycles. The maximum atomic E-state index is 11.3. The molecular weight excluding hydrogens is 270 g/mol. The summed E-state index contributed by atoms with van der Waals surface area (Å²) >= 11 is 0. The van der Waals surface area contributed by atoms with Gasteiger partial charge in [0.2, 0.25) is 6.17 Å². The molecule has 2 aliphatic heterocycles. The molecule has 0 amide bonds. The van der Waals surface area contributed by atoms with Gasteiger partial charge in [-0.3, -0.25) is 10.3 Å². The second kappa shape index (κ2) is 4.68. The molecule has 1 fully saturated rings. The Morgan fingerprint density at radius 2 is 2.20 bits per heavy atom. The van der Waals surface area contributed by atoms with Crippen LogP contribution in [0.3, 0.4) is 0 Å². The highest BCUT2D eigenvalue weighted by Gasteiger charge is 2.46. The van der Waals surface area contributed by atoms with Gasteiger partial charge < -0.3 is 20.1 Å². The Morgan fingerprint density at radius 1 is 1.45 bits per heavy atom. The summed E-state index contributed by atoms with van der Waals surface area (Å²) in [4.78, 5) is 19.2. The van der Waals surface area contributed by atoms with Gasteiger partial charge in [-0.25, -0.2) is 4.98 Å². The third-order valence-electron chi connectivity index (χ3n) is 3.43. The molecule has 0 aromatic carbocycles. The molecule has 3 rings (SSSR count). The standard InChI is InChI=1S/C10H14N5O5/c11-8-5-9(13-3-15(8)19)14(2-12-5)10-7(18)6(17)4(1-16)20-10/h2-4,6-8,10,16-18H,1,11H2/q+1. The van der Waals surface area contributed by atoms with Crippen LogP contribution in [0.1, 0.15) is 18.1 Å². The van der Waals surface area contributed by atoms with Crippen LogP contribution in [0, 0.1) is 4.91 Å². The smallest absolute Gasteiger partial charge is 0.329 e. The van der Waals surface area contributed by atoms with Gasteiger partial charge in [0.25, 0.3) is 5.82 Å². The molecule has 3 heterocycles. The fourth-order valence-corrected chi connectivity index (χ4v) is 2.31. The largest absolute Gasteiger partial charge is 0.394 e. The minimum absolute atomic E-state index is 0.250. The van der Waals surface area contributed by atoms with Crippen LogP contribution in [0.2, 0.25) is 0 Å². The number of hydrogen-bond acceptors (Lipinski definition) is 8. The third-order valence-corrected chi connectivity index (χ3v) is 3.43. The maximum absolute atomic E-state index is 11.3. The maximum Gasteiger partial charge on any atom is 0.329 e. The van der Waals surface area contributed by atoms with Crippen molar-refractivity contribution in [3.8, 4) is 0 Å². The van der Waals surface area contributed by atoms with E-state index in [1.54, 1.807) is 0 Å². The lowest BCUT2D eigenvalue weighted by Gasteiger charge is -2.16. The molecule has 0 spiro atoms. The lowest BCUT2D eigenvalue weighted by molar-refractivity contribution is -0.475. The van der Waals surface area contributed by atoms with Crippen molar-refractivity contribution in [3.05, 3.63) is 16.9 Å². The fraction of sp³-hybridized carbons (Fsp3) is 0.600. The van der Waals surface area contributed by atoms with Crippen LogP contribution in [-0.4, -0.2) is 60.9 Å². The van der Waals surface area contributed by atoms with E-state index in [0.717, 1.165) is 6.34 Å². The van der Waals surface area contributed by atoms with Crippen LogP contribution >= 0.6 is 0 Å². The molecule has 5 atom stereocenters. The van der Waals surface area contributed by atoms with Crippen LogP contribution in [-0.2, 0) is 4.74 Å². The molecule has 20 heavy (non-hydrogen) atoms. The first-order valence-electron chi connectivity index (χ1n) is 5.99. The van der Waals surface area contributed by atoms with Gasteiger partial charge in [0.15, 0.2) is 11.9 Å². The van der Waals surface area contributed by atoms with E-state index < -0.39 is 37.3 Å². The molecule has 1 saturated heterocycles. The zero-order valence-electron chi connectivity index (χ0n) is 10.3. The summed E-state index contributed by atoms with van der Waals surface area (Å²) in [7, 11) is 0. The Bertz CT molecular complexity index is 572. The number of nitroso groups, excluding NO2 is 1. The number of fused-ring (bicyclic) bond motifs is 1. The van der Waals surface area contributed by atoms with Crippen LogP contribution in [0.5, 0.6) is 0 Å². The molecule has 0 bridgehead atoms. The van der Waals surface area contributed by atoms with Gasteiger partial charge in [-0.2, -0.15) is 0 Å². The Labute approximate surface area is 112 Å². The average Bonchev–Trinajstić information content (AvgIpc) is 2.98. The Kier molecular flexibility index (Phi) is 3.11. The molecule has 1 aromatic rings. The zero-order chi connectivity index (χ0) is 14.4. The Morgan fingerprint density at radius 3 is 2.85 bits per heavy atom. The normalized spacial score (nSPS) is 36.4. The number of aromatic nitrogens is 2. The number of nitrogens with two attached hydrogens (primary N) is 1. The number of rotatable bonds is 2. The van der Waals surface area contributed by atoms with E-state index in [1.807, 2.05) is 0 Å². The summed E-state index contributed by atoms with van der Waals surface area (Å²) in [6.07, 6.45) is -2.98. The van der Waals surface area contributed by atoms with Crippen LogP contribution in [0.15, 0.2) is 11.3 Å². The predicted molar refractivity (Wildman–Crippen MR) is 63.9 cm³/mol. The van der Waals surface area contributed by atoms with Crippen molar-refractivity contribution in [2.45, 2.75) is 30.7 Å². The molecule has 5 N–H and O–H groups in total. The highest BCUT2D eigenvalue weighted by Crippen LogP contribution is 2.36. The first kappa shape index (κ1) is 13.3. The lowest BCUT2D eigenvalue weighted by Crippen LogP contribution is -2.33. The van der Waals surface area contributed by atoms with Crippen molar-refractivity contribution in [1.82, 2.24) is 9.55 Å². The van der Waals surface area contributed by atoms with Crippen molar-refractivity contribution in [2.75, 3.05) is 6.61 Å². The van der Waals surface area contributed by atoms with Crippen LogP contribution < -0.4 is 5.73 Å². The molecule has 0 aliphatic carbocycles. The minimum Gasteiger partial charge on any atom is -0.394 e. The van der Waals surface area contributed by atoms with Gasteiger partial charge in [0, 0.05) is 0 Å². The highest BCUT2D eigenvalue weighted by atomic mass is 16.6. The summed E-state index contributed by atoms with van der Waals surface area (Å²) in [6.45, 7) is -0.428. The molecule has 0 saturated carbocycles. The van der Waals surface area contributed by atoms with E-state index in [4.69, 9.17) is 15.6 Å². The molecule has 2 aliphatic rings. The first-order valence-corrected chi connectivity index (χ1v) is 5.99. The summed E-state index contributed by atoms with van der Waals surface area (Å²) < 4.78 is 7.21. The molecule has 10 heteroatoms. The molecule has 108 valence electrons. The summed E-state index contributed by atoms with van der Waals surface area (Å²) in [5.41, 5.74) is 5.92. The minimum atomic E-state index is -1.25. The zero-order valence-corrected chi connectivity index (χ0v) is 10.3. The summed E-state index contributed by atoms with van der Waals surface area (Å²) in [5.74, 6) is 0.277. The fourth-order valence-electron chi connectivity index (χ4n) is 2.31. The number of aliphatic imine (C=N–C) groups is 1. The highest BCUT2D eigenvalue weighted by molar-refractivity contribution is 5.57. The van der Waals surface area contributed by atoms with E-state index in [-0.39, 0.29) is 11.5 Å². The van der Waals surface area contributed by atoms with E-state index in [1.165, 1.54) is 10.9 Å². The number of hydrogen-bond donors (Lipinski definition) is 4. The van der Waals surface area contributed by atoms with Crippen molar-refractivity contribution in [3.63, 3.8) is 0 Å². The Hall–Kier alpha value is -1.72. The number of ether oxygens (including phenoxy) is 1. The predicted octanol–water partition coefficient (Wildman–Crippen LogP) is -2.10. The number of imidazole rings is 1. The monoisotopic (exact) mass is 284 g/mol. The SMILES string of the molecule is NC1c2ncn(C3OC(CO)C(O)C3O)c2N=C[N+]1=O. The molecule has 10 nitrogen and oxygen atoms in total. The quantitative estimate of drug-likeness (QED) is 0.455.